The van der Waals surface area contributed by atoms with Crippen LogP contribution in [0.2, 0.25) is 0 Å². The lowest BCUT2D eigenvalue weighted by Crippen LogP contribution is -2.41. The first-order valence-corrected chi connectivity index (χ1v) is 9.99. The van der Waals surface area contributed by atoms with Gasteiger partial charge in [-0.3, -0.25) is 9.36 Å². The molecule has 0 radical (unpaired) electrons. The Balaban J connectivity index is 1.52. The normalized spacial score (nSPS) is 11.8. The number of benzene rings is 1. The highest BCUT2D eigenvalue weighted by Gasteiger charge is 2.30. The molecule has 3 heterocycles. The van der Waals surface area contributed by atoms with E-state index in [2.05, 4.69) is 15.3 Å². The number of nitrogens with zero attached hydrogens (tertiary/aromatic N) is 5. The monoisotopic (exact) mass is 464 g/mol. The van der Waals surface area contributed by atoms with Crippen LogP contribution in [0.1, 0.15) is 11.3 Å². The highest BCUT2D eigenvalue weighted by molar-refractivity contribution is 7.14. The van der Waals surface area contributed by atoms with Gasteiger partial charge in [-0.2, -0.15) is 13.2 Å². The van der Waals surface area contributed by atoms with Gasteiger partial charge in [-0.15, -0.1) is 11.3 Å². The van der Waals surface area contributed by atoms with Gasteiger partial charge >= 0.3 is 17.6 Å². The molecular weight excluding hydrogens is 449 g/mol. The van der Waals surface area contributed by atoms with Crippen molar-refractivity contribution in [2.75, 3.05) is 5.32 Å². The molecule has 1 N–H and O–H groups in total. The van der Waals surface area contributed by atoms with Crippen LogP contribution in [-0.2, 0) is 31.5 Å². The SMILES string of the molecule is Cn1c(=O)n(C)c2ncc(CC(=O)Nc3nc(-c4ccc(C(F)(F)F)cc4)cs3)n2c1=O. The summed E-state index contributed by atoms with van der Waals surface area (Å²) in [6.07, 6.45) is -3.29. The zero-order valence-corrected chi connectivity index (χ0v) is 17.5. The molecule has 0 aliphatic rings. The van der Waals surface area contributed by atoms with Crippen LogP contribution in [0.15, 0.2) is 45.4 Å². The standard InChI is InChI=1S/C19H15F3N6O3S/c1-26-16-23-8-12(28(16)18(31)27(2)17(26)30)7-14(29)25-15-24-13(9-32-15)10-3-5-11(6-4-10)19(20,21)22/h3-6,8-9H,7H2,1-2H3,(H,24,25,29). The Morgan fingerprint density at radius 3 is 2.44 bits per heavy atom. The fourth-order valence-corrected chi connectivity index (χ4v) is 3.85. The number of anilines is 1. The number of imidazole rings is 1. The average Bonchev–Trinajstić information content (AvgIpc) is 3.37. The number of carbonyl (C=O) groups excluding carboxylic acids is 1. The molecule has 4 rings (SSSR count). The lowest BCUT2D eigenvalue weighted by molar-refractivity contribution is -0.137. The van der Waals surface area contributed by atoms with Crippen molar-refractivity contribution in [3.63, 3.8) is 0 Å². The lowest BCUT2D eigenvalue weighted by Gasteiger charge is -2.07. The van der Waals surface area contributed by atoms with E-state index in [0.29, 0.717) is 11.3 Å². The summed E-state index contributed by atoms with van der Waals surface area (Å²) in [5.41, 5.74) is -0.751. The summed E-state index contributed by atoms with van der Waals surface area (Å²) >= 11 is 1.11. The van der Waals surface area contributed by atoms with E-state index in [1.807, 2.05) is 0 Å². The third kappa shape index (κ3) is 3.82. The van der Waals surface area contributed by atoms with Crippen LogP contribution >= 0.6 is 11.3 Å². The molecule has 0 unspecified atom stereocenters. The largest absolute Gasteiger partial charge is 0.416 e. The maximum Gasteiger partial charge on any atom is 0.416 e. The van der Waals surface area contributed by atoms with E-state index >= 15 is 0 Å². The number of amides is 1. The van der Waals surface area contributed by atoms with Crippen molar-refractivity contribution < 1.29 is 18.0 Å². The van der Waals surface area contributed by atoms with E-state index in [1.165, 1.54) is 41.4 Å². The van der Waals surface area contributed by atoms with Crippen molar-refractivity contribution in [3.8, 4) is 11.3 Å². The molecule has 0 spiro atoms. The number of nitrogens with one attached hydrogen (secondary N) is 1. The average molecular weight is 464 g/mol. The molecule has 0 aliphatic heterocycles. The summed E-state index contributed by atoms with van der Waals surface area (Å²) in [5, 5.41) is 4.46. The maximum absolute atomic E-state index is 12.7. The minimum Gasteiger partial charge on any atom is -0.302 e. The second kappa shape index (κ2) is 7.75. The number of carbonyl (C=O) groups is 1. The fourth-order valence-electron chi connectivity index (χ4n) is 3.11. The number of aryl methyl sites for hydroxylation is 1. The Kier molecular flexibility index (Phi) is 5.20. The summed E-state index contributed by atoms with van der Waals surface area (Å²) in [7, 11) is 2.79. The Hall–Kier alpha value is -3.74. The molecule has 3 aromatic heterocycles. The zero-order valence-electron chi connectivity index (χ0n) is 16.7. The van der Waals surface area contributed by atoms with Gasteiger partial charge in [0.15, 0.2) is 5.13 Å². The van der Waals surface area contributed by atoms with Gasteiger partial charge in [0.05, 0.1) is 29.6 Å². The van der Waals surface area contributed by atoms with Crippen LogP contribution in [0, 0.1) is 0 Å². The number of hydrogen-bond donors (Lipinski definition) is 1. The maximum atomic E-state index is 12.7. The molecule has 0 fully saturated rings. The molecule has 1 aromatic carbocycles. The second-order valence-electron chi connectivity index (χ2n) is 6.91. The first-order chi connectivity index (χ1) is 15.1. The van der Waals surface area contributed by atoms with Gasteiger partial charge in [0.1, 0.15) is 0 Å². The molecule has 0 aliphatic carbocycles. The molecule has 13 heteroatoms. The molecule has 0 atom stereocenters. The van der Waals surface area contributed by atoms with Crippen molar-refractivity contribution in [2.45, 2.75) is 12.6 Å². The van der Waals surface area contributed by atoms with Crippen molar-refractivity contribution in [1.29, 1.82) is 0 Å². The number of halogens is 3. The number of aromatic nitrogens is 5. The van der Waals surface area contributed by atoms with Crippen LogP contribution in [0.25, 0.3) is 17.0 Å². The Morgan fingerprint density at radius 2 is 1.78 bits per heavy atom. The smallest absolute Gasteiger partial charge is 0.302 e. The zero-order chi connectivity index (χ0) is 23.2. The Morgan fingerprint density at radius 1 is 1.09 bits per heavy atom. The van der Waals surface area contributed by atoms with Gasteiger partial charge in [-0.25, -0.2) is 28.5 Å². The number of rotatable bonds is 4. The van der Waals surface area contributed by atoms with Crippen LogP contribution in [-0.4, -0.2) is 29.4 Å². The fraction of sp³-hybridized carbons (Fsp3) is 0.211. The Bertz CT molecular complexity index is 1450. The van der Waals surface area contributed by atoms with Gasteiger partial charge in [-0.1, -0.05) is 12.1 Å². The third-order valence-electron chi connectivity index (χ3n) is 4.77. The molecular formula is C19H15F3N6O3S. The first kappa shape index (κ1) is 21.5. The highest BCUT2D eigenvalue weighted by Crippen LogP contribution is 2.31. The summed E-state index contributed by atoms with van der Waals surface area (Å²) in [4.78, 5) is 45.2. The molecule has 0 bridgehead atoms. The summed E-state index contributed by atoms with van der Waals surface area (Å²) in [5.74, 6) is -0.365. The lowest BCUT2D eigenvalue weighted by atomic mass is 10.1. The van der Waals surface area contributed by atoms with Crippen LogP contribution in [0.3, 0.4) is 0 Å². The minimum atomic E-state index is -4.43. The second-order valence-corrected chi connectivity index (χ2v) is 7.76. The van der Waals surface area contributed by atoms with Gasteiger partial charge in [-0.05, 0) is 12.1 Å². The highest BCUT2D eigenvalue weighted by atomic mass is 32.1. The molecule has 166 valence electrons. The molecule has 4 aromatic rings. The summed E-state index contributed by atoms with van der Waals surface area (Å²) in [6, 6.07) is 4.54. The van der Waals surface area contributed by atoms with Crippen molar-refractivity contribution in [3.05, 3.63) is 68.1 Å². The minimum absolute atomic E-state index is 0.111. The number of fused-ring (bicyclic) bond motifs is 1. The number of thiazole rings is 1. The topological polar surface area (TPSA) is 103 Å². The van der Waals surface area contributed by atoms with E-state index in [1.54, 1.807) is 5.38 Å². The van der Waals surface area contributed by atoms with Gasteiger partial charge in [0.2, 0.25) is 11.7 Å². The molecule has 0 saturated heterocycles. The van der Waals surface area contributed by atoms with Crippen LogP contribution in [0.5, 0.6) is 0 Å². The molecule has 32 heavy (non-hydrogen) atoms. The van der Waals surface area contributed by atoms with E-state index in [0.717, 1.165) is 28.0 Å². The van der Waals surface area contributed by atoms with E-state index in [9.17, 15) is 27.6 Å². The molecule has 1 amide bonds. The van der Waals surface area contributed by atoms with E-state index in [-0.39, 0.29) is 23.0 Å². The molecule has 9 nitrogen and oxygen atoms in total. The third-order valence-corrected chi connectivity index (χ3v) is 5.53. The quantitative estimate of drug-likeness (QED) is 0.498. The predicted molar refractivity (Wildman–Crippen MR) is 111 cm³/mol. The van der Waals surface area contributed by atoms with E-state index in [4.69, 9.17) is 0 Å². The van der Waals surface area contributed by atoms with Crippen molar-refractivity contribution in [1.82, 2.24) is 23.5 Å². The first-order valence-electron chi connectivity index (χ1n) is 9.11. The summed E-state index contributed by atoms with van der Waals surface area (Å²) < 4.78 is 41.4. The van der Waals surface area contributed by atoms with Crippen LogP contribution in [0.4, 0.5) is 18.3 Å². The van der Waals surface area contributed by atoms with Crippen molar-refractivity contribution >= 4 is 28.2 Å². The van der Waals surface area contributed by atoms with Gasteiger partial charge < -0.3 is 5.32 Å². The predicted octanol–water partition coefficient (Wildman–Crippen LogP) is 2.06. The van der Waals surface area contributed by atoms with E-state index < -0.39 is 29.0 Å². The van der Waals surface area contributed by atoms with Gasteiger partial charge in [0, 0.05) is 25.0 Å². The molecule has 0 saturated carbocycles. The van der Waals surface area contributed by atoms with Crippen LogP contribution < -0.4 is 16.7 Å². The number of alkyl halides is 3. The Labute approximate surface area is 181 Å². The van der Waals surface area contributed by atoms with Gasteiger partial charge in [0.25, 0.3) is 0 Å². The number of hydrogen-bond acceptors (Lipinski definition) is 6. The summed E-state index contributed by atoms with van der Waals surface area (Å²) in [6.45, 7) is 0. The van der Waals surface area contributed by atoms with Crippen molar-refractivity contribution in [2.24, 2.45) is 14.1 Å².